The monoisotopic (exact) mass is 259 g/mol. The van der Waals surface area contributed by atoms with Crippen LogP contribution in [0.25, 0.3) is 0 Å². The van der Waals surface area contributed by atoms with Gasteiger partial charge in [-0.1, -0.05) is 90.4 Å². The highest BCUT2D eigenvalue weighted by Gasteiger charge is 1.93. The van der Waals surface area contributed by atoms with E-state index in [-0.39, 0.29) is 0 Å². The van der Waals surface area contributed by atoms with E-state index >= 15 is 0 Å². The molecule has 0 nitrogen and oxygen atoms in total. The predicted molar refractivity (Wildman–Crippen MR) is 80.7 cm³/mol. The molecule has 0 amide bonds. The summed E-state index contributed by atoms with van der Waals surface area (Å²) in [6.45, 7) is 3.87. The lowest BCUT2D eigenvalue weighted by atomic mass is 10.0. The van der Waals surface area contributed by atoms with Crippen LogP contribution < -0.4 is 0 Å². The standard InChI is InChI=1S/C16H32Cl/c1-2-3-4-5-6-7-8-9-10-11-12-13-14-15-16-17/h1-16H2. The Hall–Kier alpha value is 0.290. The summed E-state index contributed by atoms with van der Waals surface area (Å²) < 4.78 is 0. The molecule has 0 aliphatic rings. The van der Waals surface area contributed by atoms with Gasteiger partial charge >= 0.3 is 0 Å². The summed E-state index contributed by atoms with van der Waals surface area (Å²) in [5, 5.41) is 0. The molecule has 0 aliphatic carbocycles. The molecule has 0 spiro atoms. The van der Waals surface area contributed by atoms with E-state index in [0.29, 0.717) is 0 Å². The smallest absolute Gasteiger partial charge is 0.0223 e. The molecule has 17 heavy (non-hydrogen) atoms. The van der Waals surface area contributed by atoms with Crippen LogP contribution >= 0.6 is 11.6 Å². The van der Waals surface area contributed by atoms with Crippen molar-refractivity contribution in [3.63, 3.8) is 0 Å². The fourth-order valence-electron chi connectivity index (χ4n) is 2.22. The summed E-state index contributed by atoms with van der Waals surface area (Å²) in [6.07, 6.45) is 19.3. The highest BCUT2D eigenvalue weighted by molar-refractivity contribution is 6.17. The lowest BCUT2D eigenvalue weighted by Gasteiger charge is -2.02. The van der Waals surface area contributed by atoms with E-state index in [1.807, 2.05) is 0 Å². The van der Waals surface area contributed by atoms with Crippen molar-refractivity contribution in [3.8, 4) is 0 Å². The molecule has 0 saturated heterocycles. The SMILES string of the molecule is [CH2]CCCCCCCCCCCCCCCCl. The second kappa shape index (κ2) is 16.3. The number of hydrogen-bond acceptors (Lipinski definition) is 0. The van der Waals surface area contributed by atoms with E-state index in [1.54, 1.807) is 0 Å². The Morgan fingerprint density at radius 2 is 0.765 bits per heavy atom. The maximum absolute atomic E-state index is 5.64. The zero-order chi connectivity index (χ0) is 12.6. The van der Waals surface area contributed by atoms with Crippen LogP contribution in [0.2, 0.25) is 0 Å². The van der Waals surface area contributed by atoms with Gasteiger partial charge in [-0.3, -0.25) is 0 Å². The van der Waals surface area contributed by atoms with E-state index in [2.05, 4.69) is 6.92 Å². The molecule has 0 heterocycles. The van der Waals surface area contributed by atoms with Gasteiger partial charge in [0.25, 0.3) is 0 Å². The minimum Gasteiger partial charge on any atom is -0.127 e. The third-order valence-electron chi connectivity index (χ3n) is 3.38. The molecule has 0 aromatic heterocycles. The number of rotatable bonds is 14. The molecular formula is C16H32Cl. The first-order valence-corrected chi connectivity index (χ1v) is 8.30. The minimum absolute atomic E-state index is 0.841. The van der Waals surface area contributed by atoms with Crippen LogP contribution in [-0.2, 0) is 0 Å². The van der Waals surface area contributed by atoms with Gasteiger partial charge in [0.15, 0.2) is 0 Å². The van der Waals surface area contributed by atoms with Crippen molar-refractivity contribution in [1.82, 2.24) is 0 Å². The van der Waals surface area contributed by atoms with Crippen molar-refractivity contribution >= 4 is 11.6 Å². The Balaban J connectivity index is 2.85. The molecule has 0 saturated carbocycles. The van der Waals surface area contributed by atoms with Gasteiger partial charge in [0.1, 0.15) is 0 Å². The van der Waals surface area contributed by atoms with Gasteiger partial charge in [-0.2, -0.15) is 0 Å². The first-order chi connectivity index (χ1) is 8.41. The first kappa shape index (κ1) is 17.3. The quantitative estimate of drug-likeness (QED) is 0.246. The van der Waals surface area contributed by atoms with Gasteiger partial charge in [-0.25, -0.2) is 0 Å². The fraction of sp³-hybridized carbons (Fsp3) is 0.938. The Morgan fingerprint density at radius 1 is 0.471 bits per heavy atom. The van der Waals surface area contributed by atoms with Crippen molar-refractivity contribution < 1.29 is 0 Å². The van der Waals surface area contributed by atoms with Gasteiger partial charge < -0.3 is 0 Å². The molecule has 0 aromatic rings. The van der Waals surface area contributed by atoms with Crippen molar-refractivity contribution in [2.75, 3.05) is 5.88 Å². The average molecular weight is 260 g/mol. The number of halogens is 1. The number of hydrogen-bond donors (Lipinski definition) is 0. The lowest BCUT2D eigenvalue weighted by molar-refractivity contribution is 0.540. The topological polar surface area (TPSA) is 0 Å². The molecule has 103 valence electrons. The van der Waals surface area contributed by atoms with Crippen LogP contribution in [0, 0.1) is 6.92 Å². The van der Waals surface area contributed by atoms with Crippen molar-refractivity contribution in [2.24, 2.45) is 0 Å². The fourth-order valence-corrected chi connectivity index (χ4v) is 2.40. The molecule has 0 rings (SSSR count). The second-order valence-corrected chi connectivity index (χ2v) is 5.52. The molecular weight excluding hydrogens is 228 g/mol. The highest BCUT2D eigenvalue weighted by atomic mass is 35.5. The first-order valence-electron chi connectivity index (χ1n) is 7.77. The Labute approximate surface area is 115 Å². The van der Waals surface area contributed by atoms with Crippen LogP contribution in [0.15, 0.2) is 0 Å². The summed E-state index contributed by atoms with van der Waals surface area (Å²) in [6, 6.07) is 0. The minimum atomic E-state index is 0.841. The Kier molecular flexibility index (Phi) is 16.6. The van der Waals surface area contributed by atoms with Gasteiger partial charge in [-0.05, 0) is 6.42 Å². The maximum atomic E-state index is 5.64. The van der Waals surface area contributed by atoms with E-state index < -0.39 is 0 Å². The third kappa shape index (κ3) is 16.3. The largest absolute Gasteiger partial charge is 0.127 e. The summed E-state index contributed by atoms with van der Waals surface area (Å²) in [7, 11) is 0. The number of unbranched alkanes of at least 4 members (excludes halogenated alkanes) is 13. The van der Waals surface area contributed by atoms with Gasteiger partial charge in [0.05, 0.1) is 0 Å². The van der Waals surface area contributed by atoms with E-state index in [1.165, 1.54) is 83.5 Å². The zero-order valence-corrected chi connectivity index (χ0v) is 12.4. The van der Waals surface area contributed by atoms with Gasteiger partial charge in [0, 0.05) is 5.88 Å². The molecule has 0 unspecified atom stereocenters. The third-order valence-corrected chi connectivity index (χ3v) is 3.65. The summed E-state index contributed by atoms with van der Waals surface area (Å²) in [4.78, 5) is 0. The van der Waals surface area contributed by atoms with Crippen LogP contribution in [0.4, 0.5) is 0 Å². The maximum Gasteiger partial charge on any atom is 0.0223 e. The second-order valence-electron chi connectivity index (χ2n) is 5.14. The van der Waals surface area contributed by atoms with Crippen molar-refractivity contribution in [2.45, 2.75) is 89.9 Å². The van der Waals surface area contributed by atoms with Crippen LogP contribution in [0.5, 0.6) is 0 Å². The van der Waals surface area contributed by atoms with Crippen LogP contribution in [0.1, 0.15) is 89.9 Å². The summed E-state index contributed by atoms with van der Waals surface area (Å²) in [5.41, 5.74) is 0. The normalized spacial score (nSPS) is 10.9. The highest BCUT2D eigenvalue weighted by Crippen LogP contribution is 2.12. The predicted octanol–water partition coefficient (Wildman–Crippen LogP) is 6.52. The summed E-state index contributed by atoms with van der Waals surface area (Å²) >= 11 is 5.64. The van der Waals surface area contributed by atoms with Gasteiger partial charge in [0.2, 0.25) is 0 Å². The van der Waals surface area contributed by atoms with Crippen molar-refractivity contribution in [3.05, 3.63) is 6.92 Å². The van der Waals surface area contributed by atoms with Gasteiger partial charge in [-0.15, -0.1) is 11.6 Å². The molecule has 0 N–H and O–H groups in total. The lowest BCUT2D eigenvalue weighted by Crippen LogP contribution is -1.83. The Morgan fingerprint density at radius 3 is 1.06 bits per heavy atom. The average Bonchev–Trinajstić information content (AvgIpc) is 2.35. The van der Waals surface area contributed by atoms with E-state index in [0.717, 1.165) is 12.3 Å². The molecule has 0 bridgehead atoms. The summed E-state index contributed by atoms with van der Waals surface area (Å²) in [5.74, 6) is 0.841. The molecule has 1 heteroatoms. The van der Waals surface area contributed by atoms with Crippen LogP contribution in [-0.4, -0.2) is 5.88 Å². The molecule has 0 aromatic carbocycles. The van der Waals surface area contributed by atoms with E-state index in [4.69, 9.17) is 11.6 Å². The molecule has 0 atom stereocenters. The molecule has 1 radical (unpaired) electrons. The Bertz CT molecular complexity index is 109. The zero-order valence-electron chi connectivity index (χ0n) is 11.7. The number of alkyl halides is 1. The van der Waals surface area contributed by atoms with E-state index in [9.17, 15) is 0 Å². The van der Waals surface area contributed by atoms with Crippen LogP contribution in [0.3, 0.4) is 0 Å². The molecule has 0 aliphatic heterocycles. The molecule has 0 fully saturated rings. The van der Waals surface area contributed by atoms with Crippen molar-refractivity contribution in [1.29, 1.82) is 0 Å².